The summed E-state index contributed by atoms with van der Waals surface area (Å²) in [6.07, 6.45) is 0. The monoisotopic (exact) mass is 336 g/mol. The van der Waals surface area contributed by atoms with Crippen LogP contribution < -0.4 is 10.1 Å². The van der Waals surface area contributed by atoms with Gasteiger partial charge in [-0.15, -0.1) is 0 Å². The van der Waals surface area contributed by atoms with E-state index in [-0.39, 0.29) is 12.6 Å². The first-order valence-corrected chi connectivity index (χ1v) is 7.44. The summed E-state index contributed by atoms with van der Waals surface area (Å²) in [4.78, 5) is 13.5. The third-order valence-electron chi connectivity index (χ3n) is 3.38. The summed E-state index contributed by atoms with van der Waals surface area (Å²) in [5.41, 5.74) is 1.21. The van der Waals surface area contributed by atoms with Gasteiger partial charge in [-0.1, -0.05) is 29.8 Å². The number of urea groups is 1. The number of methoxy groups -OCH3 is 1. The molecule has 0 aliphatic carbocycles. The van der Waals surface area contributed by atoms with E-state index in [1.54, 1.807) is 20.2 Å². The van der Waals surface area contributed by atoms with Crippen molar-refractivity contribution < 1.29 is 13.9 Å². The fraction of sp³-hybridized carbons (Fsp3) is 0.235. The lowest BCUT2D eigenvalue weighted by Gasteiger charge is -2.19. The third-order valence-corrected chi connectivity index (χ3v) is 3.74. The molecule has 0 unspecified atom stereocenters. The van der Waals surface area contributed by atoms with Crippen molar-refractivity contribution in [3.8, 4) is 5.75 Å². The summed E-state index contributed by atoms with van der Waals surface area (Å²) in [6, 6.07) is 11.5. The highest BCUT2D eigenvalue weighted by molar-refractivity contribution is 6.31. The molecule has 0 radical (unpaired) electrons. The first-order valence-electron chi connectivity index (χ1n) is 7.06. The molecule has 2 aromatic rings. The predicted molar refractivity (Wildman–Crippen MR) is 88.1 cm³/mol. The van der Waals surface area contributed by atoms with Crippen molar-refractivity contribution >= 4 is 17.6 Å². The summed E-state index contributed by atoms with van der Waals surface area (Å²) < 4.78 is 18.9. The lowest BCUT2D eigenvalue weighted by molar-refractivity contribution is 0.206. The van der Waals surface area contributed by atoms with Crippen molar-refractivity contribution in [2.45, 2.75) is 13.1 Å². The Kier molecular flexibility index (Phi) is 5.82. The number of ether oxygens (including phenoxy) is 1. The molecular formula is C17H18ClFN2O2. The van der Waals surface area contributed by atoms with Crippen LogP contribution >= 0.6 is 11.6 Å². The van der Waals surface area contributed by atoms with Gasteiger partial charge in [-0.2, -0.15) is 0 Å². The van der Waals surface area contributed by atoms with Crippen LogP contribution in [0.15, 0.2) is 42.5 Å². The van der Waals surface area contributed by atoms with Crippen LogP contribution in [0.5, 0.6) is 5.75 Å². The van der Waals surface area contributed by atoms with Crippen molar-refractivity contribution in [2.75, 3.05) is 14.2 Å². The van der Waals surface area contributed by atoms with E-state index in [0.29, 0.717) is 17.1 Å². The smallest absolute Gasteiger partial charge is 0.317 e. The number of hydrogen-bond donors (Lipinski definition) is 1. The van der Waals surface area contributed by atoms with Crippen molar-refractivity contribution in [3.05, 3.63) is 64.4 Å². The zero-order valence-corrected chi connectivity index (χ0v) is 13.7. The molecule has 4 nitrogen and oxygen atoms in total. The van der Waals surface area contributed by atoms with Crippen LogP contribution in [-0.4, -0.2) is 25.1 Å². The molecular weight excluding hydrogens is 319 g/mol. The number of amides is 2. The maximum absolute atomic E-state index is 13.8. The van der Waals surface area contributed by atoms with Crippen molar-refractivity contribution in [2.24, 2.45) is 0 Å². The molecule has 1 N–H and O–H groups in total. The van der Waals surface area contributed by atoms with Crippen LogP contribution in [-0.2, 0) is 13.1 Å². The minimum absolute atomic E-state index is 0.0927. The average molecular weight is 337 g/mol. The normalized spacial score (nSPS) is 10.3. The molecule has 0 aliphatic heterocycles. The Bertz CT molecular complexity index is 674. The molecule has 0 spiro atoms. The van der Waals surface area contributed by atoms with Gasteiger partial charge in [-0.25, -0.2) is 9.18 Å². The maximum atomic E-state index is 13.8. The summed E-state index contributed by atoms with van der Waals surface area (Å²) in [5, 5.41) is 3.08. The van der Waals surface area contributed by atoms with Crippen LogP contribution in [0, 0.1) is 5.82 Å². The fourth-order valence-electron chi connectivity index (χ4n) is 2.09. The quantitative estimate of drug-likeness (QED) is 0.901. The first kappa shape index (κ1) is 17.1. The fourth-order valence-corrected chi connectivity index (χ4v) is 2.31. The van der Waals surface area contributed by atoms with Gasteiger partial charge >= 0.3 is 6.03 Å². The number of benzene rings is 2. The van der Waals surface area contributed by atoms with Crippen LogP contribution in [0.3, 0.4) is 0 Å². The number of carbonyl (C=O) groups is 1. The minimum atomic E-state index is -0.426. The van der Waals surface area contributed by atoms with Gasteiger partial charge in [-0.05, 0) is 29.8 Å². The SMILES string of the molecule is COc1cccc(CNC(=O)N(C)Cc2c(F)cccc2Cl)c1. The molecule has 23 heavy (non-hydrogen) atoms. The minimum Gasteiger partial charge on any atom is -0.497 e. The molecule has 2 rings (SSSR count). The highest BCUT2D eigenvalue weighted by Gasteiger charge is 2.14. The Labute approximate surface area is 139 Å². The zero-order valence-electron chi connectivity index (χ0n) is 13.0. The van der Waals surface area contributed by atoms with E-state index in [0.717, 1.165) is 11.3 Å². The Morgan fingerprint density at radius 3 is 2.74 bits per heavy atom. The molecule has 0 atom stereocenters. The van der Waals surface area contributed by atoms with Crippen LogP contribution in [0.25, 0.3) is 0 Å². The number of carbonyl (C=O) groups excluding carboxylic acids is 1. The van der Waals surface area contributed by atoms with Crippen LogP contribution in [0.4, 0.5) is 9.18 Å². The number of halogens is 2. The number of nitrogens with zero attached hydrogens (tertiary/aromatic N) is 1. The lowest BCUT2D eigenvalue weighted by atomic mass is 10.2. The summed E-state index contributed by atoms with van der Waals surface area (Å²) in [6.45, 7) is 0.445. The number of rotatable bonds is 5. The Morgan fingerprint density at radius 1 is 1.30 bits per heavy atom. The molecule has 0 saturated carbocycles. The van der Waals surface area contributed by atoms with Crippen LogP contribution in [0.2, 0.25) is 5.02 Å². The molecule has 0 heterocycles. The van der Waals surface area contributed by atoms with Gasteiger partial charge in [0, 0.05) is 24.2 Å². The largest absolute Gasteiger partial charge is 0.497 e. The number of hydrogen-bond acceptors (Lipinski definition) is 2. The van der Waals surface area contributed by atoms with E-state index in [1.807, 2.05) is 24.3 Å². The average Bonchev–Trinajstić information content (AvgIpc) is 2.56. The van der Waals surface area contributed by atoms with Gasteiger partial charge in [-0.3, -0.25) is 0 Å². The van der Waals surface area contributed by atoms with Crippen molar-refractivity contribution in [1.82, 2.24) is 10.2 Å². The van der Waals surface area contributed by atoms with Gasteiger partial charge in [0.1, 0.15) is 11.6 Å². The summed E-state index contributed by atoms with van der Waals surface area (Å²) in [7, 11) is 3.17. The molecule has 2 aromatic carbocycles. The van der Waals surface area contributed by atoms with Crippen LogP contribution in [0.1, 0.15) is 11.1 Å². The lowest BCUT2D eigenvalue weighted by Crippen LogP contribution is -2.36. The van der Waals surface area contributed by atoms with Gasteiger partial charge in [0.05, 0.1) is 13.7 Å². The van der Waals surface area contributed by atoms with Gasteiger partial charge in [0.15, 0.2) is 0 Å². The summed E-state index contributed by atoms with van der Waals surface area (Å²) in [5.74, 6) is 0.299. The topological polar surface area (TPSA) is 41.6 Å². The molecule has 0 aliphatic rings. The summed E-state index contributed by atoms with van der Waals surface area (Å²) >= 11 is 5.97. The molecule has 0 saturated heterocycles. The van der Waals surface area contributed by atoms with E-state index < -0.39 is 5.82 Å². The van der Waals surface area contributed by atoms with E-state index in [1.165, 1.54) is 17.0 Å². The molecule has 0 aromatic heterocycles. The molecule has 122 valence electrons. The Hall–Kier alpha value is -2.27. The standard InChI is InChI=1S/C17H18ClFN2O2/c1-21(11-14-15(18)7-4-8-16(14)19)17(22)20-10-12-5-3-6-13(9-12)23-2/h3-9H,10-11H2,1-2H3,(H,20,22). The van der Waals surface area contributed by atoms with Crippen molar-refractivity contribution in [1.29, 1.82) is 0 Å². The Morgan fingerprint density at radius 2 is 2.04 bits per heavy atom. The van der Waals surface area contributed by atoms with Gasteiger partial charge in [0.25, 0.3) is 0 Å². The third kappa shape index (κ3) is 4.60. The second-order valence-corrected chi connectivity index (χ2v) is 5.47. The molecule has 0 fully saturated rings. The highest BCUT2D eigenvalue weighted by Crippen LogP contribution is 2.20. The van der Waals surface area contributed by atoms with E-state index in [9.17, 15) is 9.18 Å². The number of nitrogens with one attached hydrogen (secondary N) is 1. The van der Waals surface area contributed by atoms with E-state index in [2.05, 4.69) is 5.32 Å². The van der Waals surface area contributed by atoms with E-state index >= 15 is 0 Å². The first-order chi connectivity index (χ1) is 11.0. The van der Waals surface area contributed by atoms with Crippen molar-refractivity contribution in [3.63, 3.8) is 0 Å². The second kappa shape index (κ2) is 7.83. The second-order valence-electron chi connectivity index (χ2n) is 5.07. The predicted octanol–water partition coefficient (Wildman–Crippen LogP) is 3.83. The zero-order chi connectivity index (χ0) is 16.8. The molecule has 0 bridgehead atoms. The van der Waals surface area contributed by atoms with Gasteiger partial charge in [0.2, 0.25) is 0 Å². The maximum Gasteiger partial charge on any atom is 0.317 e. The van der Waals surface area contributed by atoms with E-state index in [4.69, 9.17) is 16.3 Å². The molecule has 6 heteroatoms. The Balaban J connectivity index is 1.95. The van der Waals surface area contributed by atoms with Gasteiger partial charge < -0.3 is 15.0 Å². The molecule has 2 amide bonds. The highest BCUT2D eigenvalue weighted by atomic mass is 35.5.